The molecule has 0 aliphatic heterocycles. The van der Waals surface area contributed by atoms with Crippen molar-refractivity contribution in [2.75, 3.05) is 11.1 Å². The third kappa shape index (κ3) is 3.58. The van der Waals surface area contributed by atoms with Crippen LogP contribution in [0.1, 0.15) is 26.2 Å². The summed E-state index contributed by atoms with van der Waals surface area (Å²) < 4.78 is 12.7. The number of nitrogens with two attached hydrogens (primary N) is 1. The Kier molecular flexibility index (Phi) is 4.09. The van der Waals surface area contributed by atoms with Crippen molar-refractivity contribution in [2.45, 2.75) is 26.2 Å². The smallest absolute Gasteiger partial charge is 0.224 e. The van der Waals surface area contributed by atoms with Crippen LogP contribution in [0.3, 0.4) is 0 Å². The Balaban J connectivity index is 2.60. The Labute approximate surface area is 88.5 Å². The van der Waals surface area contributed by atoms with Crippen molar-refractivity contribution in [3.05, 3.63) is 24.0 Å². The van der Waals surface area contributed by atoms with E-state index in [1.165, 1.54) is 18.2 Å². The summed E-state index contributed by atoms with van der Waals surface area (Å²) >= 11 is 0. The molecular weight excluding hydrogens is 195 g/mol. The van der Waals surface area contributed by atoms with E-state index in [2.05, 4.69) is 5.32 Å². The van der Waals surface area contributed by atoms with E-state index in [9.17, 15) is 9.18 Å². The number of nitrogen functional groups attached to an aromatic ring is 1. The Morgan fingerprint density at radius 2 is 2.27 bits per heavy atom. The average Bonchev–Trinajstić information content (AvgIpc) is 2.19. The fourth-order valence-electron chi connectivity index (χ4n) is 1.20. The highest BCUT2D eigenvalue weighted by Crippen LogP contribution is 2.19. The number of nitrogens with one attached hydrogen (secondary N) is 1. The first-order chi connectivity index (χ1) is 7.13. The van der Waals surface area contributed by atoms with Crippen molar-refractivity contribution in [1.29, 1.82) is 0 Å². The molecule has 0 heterocycles. The van der Waals surface area contributed by atoms with Crippen molar-refractivity contribution in [2.24, 2.45) is 0 Å². The molecule has 82 valence electrons. The monoisotopic (exact) mass is 210 g/mol. The molecule has 0 saturated carbocycles. The maximum Gasteiger partial charge on any atom is 0.224 e. The summed E-state index contributed by atoms with van der Waals surface area (Å²) in [5.74, 6) is -0.491. The largest absolute Gasteiger partial charge is 0.397 e. The zero-order valence-electron chi connectivity index (χ0n) is 8.72. The topological polar surface area (TPSA) is 55.1 Å². The summed E-state index contributed by atoms with van der Waals surface area (Å²) in [7, 11) is 0. The molecule has 0 aliphatic carbocycles. The van der Waals surface area contributed by atoms with Crippen LogP contribution in [0.2, 0.25) is 0 Å². The lowest BCUT2D eigenvalue weighted by Crippen LogP contribution is -2.12. The van der Waals surface area contributed by atoms with Gasteiger partial charge in [-0.2, -0.15) is 0 Å². The van der Waals surface area contributed by atoms with Gasteiger partial charge in [0, 0.05) is 6.42 Å². The Hall–Kier alpha value is -1.58. The molecule has 1 rings (SSSR count). The van der Waals surface area contributed by atoms with Crippen LogP contribution in [0, 0.1) is 5.82 Å². The molecule has 0 aliphatic rings. The van der Waals surface area contributed by atoms with Crippen molar-refractivity contribution >= 4 is 17.3 Å². The number of hydrogen-bond donors (Lipinski definition) is 2. The number of hydrogen-bond acceptors (Lipinski definition) is 2. The van der Waals surface area contributed by atoms with E-state index >= 15 is 0 Å². The molecule has 1 aromatic rings. The molecule has 0 atom stereocenters. The lowest BCUT2D eigenvalue weighted by Gasteiger charge is -2.07. The van der Waals surface area contributed by atoms with Gasteiger partial charge in [-0.05, 0) is 24.6 Å². The molecule has 1 amide bonds. The lowest BCUT2D eigenvalue weighted by atomic mass is 10.2. The molecule has 0 fully saturated rings. The second-order valence-corrected chi connectivity index (χ2v) is 3.38. The molecule has 1 aromatic carbocycles. The second-order valence-electron chi connectivity index (χ2n) is 3.38. The molecule has 0 aromatic heterocycles. The van der Waals surface area contributed by atoms with Crippen LogP contribution < -0.4 is 11.1 Å². The molecule has 0 bridgehead atoms. The number of anilines is 2. The molecule has 15 heavy (non-hydrogen) atoms. The van der Waals surface area contributed by atoms with Crippen molar-refractivity contribution in [3.8, 4) is 0 Å². The lowest BCUT2D eigenvalue weighted by molar-refractivity contribution is -0.116. The zero-order valence-corrected chi connectivity index (χ0v) is 8.72. The Morgan fingerprint density at radius 3 is 2.87 bits per heavy atom. The third-order valence-corrected chi connectivity index (χ3v) is 2.05. The minimum Gasteiger partial charge on any atom is -0.397 e. The first-order valence-corrected chi connectivity index (χ1v) is 4.98. The van der Waals surface area contributed by atoms with Crippen LogP contribution in [0.25, 0.3) is 0 Å². The first-order valence-electron chi connectivity index (χ1n) is 4.98. The van der Waals surface area contributed by atoms with Crippen LogP contribution in [0.5, 0.6) is 0 Å². The zero-order chi connectivity index (χ0) is 11.3. The van der Waals surface area contributed by atoms with Gasteiger partial charge in [0.05, 0.1) is 11.4 Å². The summed E-state index contributed by atoms with van der Waals surface area (Å²) in [4.78, 5) is 11.3. The van der Waals surface area contributed by atoms with Crippen LogP contribution in [-0.4, -0.2) is 5.91 Å². The Bertz CT molecular complexity index is 352. The van der Waals surface area contributed by atoms with E-state index in [0.717, 1.165) is 12.8 Å². The van der Waals surface area contributed by atoms with Crippen LogP contribution in [-0.2, 0) is 4.79 Å². The first kappa shape index (κ1) is 11.5. The highest BCUT2D eigenvalue weighted by molar-refractivity contribution is 5.93. The second kappa shape index (κ2) is 5.34. The molecule has 0 spiro atoms. The highest BCUT2D eigenvalue weighted by Gasteiger charge is 2.05. The fraction of sp³-hybridized carbons (Fsp3) is 0.364. The summed E-state index contributed by atoms with van der Waals surface area (Å²) in [5.41, 5.74) is 6.26. The highest BCUT2D eigenvalue weighted by atomic mass is 19.1. The van der Waals surface area contributed by atoms with E-state index in [-0.39, 0.29) is 11.6 Å². The van der Waals surface area contributed by atoms with Crippen molar-refractivity contribution in [3.63, 3.8) is 0 Å². The van der Waals surface area contributed by atoms with Gasteiger partial charge >= 0.3 is 0 Å². The molecule has 0 unspecified atom stereocenters. The van der Waals surface area contributed by atoms with E-state index in [0.29, 0.717) is 12.1 Å². The van der Waals surface area contributed by atoms with Gasteiger partial charge in [0.25, 0.3) is 0 Å². The third-order valence-electron chi connectivity index (χ3n) is 2.05. The van der Waals surface area contributed by atoms with Gasteiger partial charge in [-0.3, -0.25) is 4.79 Å². The van der Waals surface area contributed by atoms with E-state index in [1.807, 2.05) is 6.92 Å². The van der Waals surface area contributed by atoms with Gasteiger partial charge < -0.3 is 11.1 Å². The van der Waals surface area contributed by atoms with Gasteiger partial charge in [0.1, 0.15) is 5.82 Å². The van der Waals surface area contributed by atoms with Gasteiger partial charge in [0.15, 0.2) is 0 Å². The average molecular weight is 210 g/mol. The van der Waals surface area contributed by atoms with Crippen LogP contribution >= 0.6 is 0 Å². The molecule has 3 nitrogen and oxygen atoms in total. The maximum absolute atomic E-state index is 12.7. The molecular formula is C11H15FN2O. The quantitative estimate of drug-likeness (QED) is 0.750. The van der Waals surface area contributed by atoms with Crippen molar-refractivity contribution < 1.29 is 9.18 Å². The van der Waals surface area contributed by atoms with Gasteiger partial charge in [-0.1, -0.05) is 13.3 Å². The van der Waals surface area contributed by atoms with Gasteiger partial charge in [-0.15, -0.1) is 0 Å². The molecule has 3 N–H and O–H groups in total. The standard InChI is InChI=1S/C11H15FN2O/c1-2-3-4-11(15)14-10-6-5-8(12)7-9(10)13/h5-7H,2-4,13H2,1H3,(H,14,15). The van der Waals surface area contributed by atoms with E-state index in [1.54, 1.807) is 0 Å². The summed E-state index contributed by atoms with van der Waals surface area (Å²) in [6.45, 7) is 2.01. The molecule has 0 radical (unpaired) electrons. The van der Waals surface area contributed by atoms with Gasteiger partial charge in [-0.25, -0.2) is 4.39 Å². The summed E-state index contributed by atoms with van der Waals surface area (Å²) in [5, 5.41) is 2.64. The van der Waals surface area contributed by atoms with E-state index < -0.39 is 5.82 Å². The minimum absolute atomic E-state index is 0.0878. The number of halogens is 1. The van der Waals surface area contributed by atoms with E-state index in [4.69, 9.17) is 5.73 Å². The number of benzene rings is 1. The maximum atomic E-state index is 12.7. The number of unbranched alkanes of at least 4 members (excludes halogenated alkanes) is 1. The Morgan fingerprint density at radius 1 is 1.53 bits per heavy atom. The van der Waals surface area contributed by atoms with Crippen molar-refractivity contribution in [1.82, 2.24) is 0 Å². The molecule has 0 saturated heterocycles. The minimum atomic E-state index is -0.404. The predicted octanol–water partition coefficient (Wildman–Crippen LogP) is 2.54. The summed E-state index contributed by atoms with van der Waals surface area (Å²) in [6, 6.07) is 3.93. The fourth-order valence-corrected chi connectivity index (χ4v) is 1.20. The predicted molar refractivity (Wildman–Crippen MR) is 59.0 cm³/mol. The molecule has 4 heteroatoms. The normalized spacial score (nSPS) is 10.0. The number of amides is 1. The van der Waals surface area contributed by atoms with Gasteiger partial charge in [0.2, 0.25) is 5.91 Å². The number of carbonyl (C=O) groups is 1. The number of carbonyl (C=O) groups excluding carboxylic acids is 1. The van der Waals surface area contributed by atoms with Crippen LogP contribution in [0.4, 0.5) is 15.8 Å². The number of rotatable bonds is 4. The van der Waals surface area contributed by atoms with Crippen LogP contribution in [0.15, 0.2) is 18.2 Å². The SMILES string of the molecule is CCCCC(=O)Nc1ccc(F)cc1N. The summed E-state index contributed by atoms with van der Waals surface area (Å²) in [6.07, 6.45) is 2.27.